The number of carboxylic acids is 1. The third-order valence-corrected chi connectivity index (χ3v) is 8.52. The van der Waals surface area contributed by atoms with Gasteiger partial charge in [0, 0.05) is 9.79 Å². The fourth-order valence-corrected chi connectivity index (χ4v) is 5.38. The summed E-state index contributed by atoms with van der Waals surface area (Å²) in [6.07, 6.45) is 0. The van der Waals surface area contributed by atoms with E-state index in [2.05, 4.69) is 30.7 Å². The zero-order valence-electron chi connectivity index (χ0n) is 25.0. The SMILES string of the molecule is Cc1cc(N=Nc2ccc(Sc3ccc(N=Nc4ccc(O)c(C(=O)O)c4)cc3)cc2)c(N)c(N=Nc2ccc(S(=O)(=O)O)cc2)c1N. The van der Waals surface area contributed by atoms with Gasteiger partial charge in [0.1, 0.15) is 22.7 Å². The molecule has 0 heterocycles. The van der Waals surface area contributed by atoms with E-state index in [1.165, 1.54) is 54.2 Å². The number of rotatable bonds is 10. The molecule has 5 aromatic carbocycles. The topological polar surface area (TPSA) is 238 Å². The minimum atomic E-state index is -4.33. The molecule has 0 saturated carbocycles. The van der Waals surface area contributed by atoms with Gasteiger partial charge in [-0.3, -0.25) is 4.55 Å². The number of nitrogens with two attached hydrogens (primary N) is 2. The van der Waals surface area contributed by atoms with Gasteiger partial charge in [-0.1, -0.05) is 11.8 Å². The molecular formula is C32H26N8O6S2. The molecule has 0 unspecified atom stereocenters. The lowest BCUT2D eigenvalue weighted by Gasteiger charge is -2.09. The van der Waals surface area contributed by atoms with E-state index in [1.807, 2.05) is 24.3 Å². The lowest BCUT2D eigenvalue weighted by atomic mass is 10.1. The molecular weight excluding hydrogens is 657 g/mol. The summed E-state index contributed by atoms with van der Waals surface area (Å²) < 4.78 is 31.7. The average Bonchev–Trinajstić information content (AvgIpc) is 3.06. The maximum absolute atomic E-state index is 11.3. The van der Waals surface area contributed by atoms with Crippen molar-refractivity contribution in [2.75, 3.05) is 11.5 Å². The predicted molar refractivity (Wildman–Crippen MR) is 181 cm³/mol. The standard InChI is InChI=1S/C32H26N8O6S2/c1-18-16-27(30(34)31(29(18)33)40-37-21-6-13-25(14-7-21)48(44,45)46)39-36-20-4-11-24(12-5-20)47-23-9-2-19(3-10-23)35-38-22-8-15-28(41)26(17-22)32(42)43/h2-17,41H,33-34H2,1H3,(H,42,43)(H,44,45,46). The minimum absolute atomic E-state index is 0.156. The van der Waals surface area contributed by atoms with Gasteiger partial charge in [0.15, 0.2) is 0 Å². The second kappa shape index (κ2) is 14.2. The lowest BCUT2D eigenvalue weighted by molar-refractivity contribution is 0.0693. The first-order valence-corrected chi connectivity index (χ1v) is 16.1. The third kappa shape index (κ3) is 8.24. The molecule has 48 heavy (non-hydrogen) atoms. The molecule has 0 atom stereocenters. The van der Waals surface area contributed by atoms with Crippen LogP contribution in [0.15, 0.2) is 142 Å². The van der Waals surface area contributed by atoms with Crippen LogP contribution in [0.5, 0.6) is 5.75 Å². The summed E-state index contributed by atoms with van der Waals surface area (Å²) in [5, 5.41) is 43.8. The minimum Gasteiger partial charge on any atom is -0.507 e. The number of azo groups is 3. The van der Waals surface area contributed by atoms with Crippen molar-refractivity contribution in [1.29, 1.82) is 0 Å². The van der Waals surface area contributed by atoms with Crippen molar-refractivity contribution in [3.8, 4) is 5.75 Å². The molecule has 0 spiro atoms. The van der Waals surface area contributed by atoms with Crippen LogP contribution < -0.4 is 11.5 Å². The number of hydrogen-bond donors (Lipinski definition) is 5. The first-order valence-electron chi connectivity index (χ1n) is 13.8. The summed E-state index contributed by atoms with van der Waals surface area (Å²) in [7, 11) is -4.33. The number of carbonyl (C=O) groups is 1. The molecule has 0 aliphatic heterocycles. The zero-order valence-corrected chi connectivity index (χ0v) is 26.6. The van der Waals surface area contributed by atoms with Crippen molar-refractivity contribution >= 4 is 73.3 Å². The summed E-state index contributed by atoms with van der Waals surface area (Å²) >= 11 is 1.52. The van der Waals surface area contributed by atoms with Crippen LogP contribution in [0.3, 0.4) is 0 Å². The van der Waals surface area contributed by atoms with Gasteiger partial charge in [-0.05, 0) is 110 Å². The van der Waals surface area contributed by atoms with Gasteiger partial charge in [0.05, 0.1) is 39.0 Å². The third-order valence-electron chi connectivity index (χ3n) is 6.64. The largest absolute Gasteiger partial charge is 0.507 e. The molecule has 7 N–H and O–H groups in total. The Morgan fingerprint density at radius 2 is 1.15 bits per heavy atom. The summed E-state index contributed by atoms with van der Waals surface area (Å²) in [5.74, 6) is -1.60. The average molecular weight is 683 g/mol. The summed E-state index contributed by atoms with van der Waals surface area (Å²) in [5.41, 5.74) is 15.6. The van der Waals surface area contributed by atoms with E-state index in [9.17, 15) is 18.3 Å². The Morgan fingerprint density at radius 3 is 1.69 bits per heavy atom. The molecule has 5 aromatic rings. The van der Waals surface area contributed by atoms with Crippen molar-refractivity contribution in [3.63, 3.8) is 0 Å². The Kier molecular flexibility index (Phi) is 9.88. The molecule has 14 nitrogen and oxygen atoms in total. The Labute approximate surface area is 278 Å². The van der Waals surface area contributed by atoms with Crippen LogP contribution in [0, 0.1) is 6.92 Å². The highest BCUT2D eigenvalue weighted by molar-refractivity contribution is 7.99. The van der Waals surface area contributed by atoms with Gasteiger partial charge >= 0.3 is 5.97 Å². The number of hydrogen-bond acceptors (Lipinski definition) is 13. The Morgan fingerprint density at radius 1 is 0.667 bits per heavy atom. The fraction of sp³-hybridized carbons (Fsp3) is 0.0312. The van der Waals surface area contributed by atoms with Crippen LogP contribution in [0.4, 0.5) is 45.5 Å². The fourth-order valence-electron chi connectivity index (χ4n) is 4.08. The number of aromatic hydroxyl groups is 1. The van der Waals surface area contributed by atoms with Crippen molar-refractivity contribution < 1.29 is 28.0 Å². The molecule has 0 fully saturated rings. The van der Waals surface area contributed by atoms with Crippen LogP contribution in [0.25, 0.3) is 0 Å². The van der Waals surface area contributed by atoms with Gasteiger partial charge in [-0.2, -0.15) is 28.9 Å². The second-order valence-electron chi connectivity index (χ2n) is 10.1. The zero-order chi connectivity index (χ0) is 34.4. The number of aromatic carboxylic acids is 1. The molecule has 5 rings (SSSR count). The molecule has 0 aliphatic carbocycles. The van der Waals surface area contributed by atoms with E-state index in [4.69, 9.17) is 21.1 Å². The van der Waals surface area contributed by atoms with Crippen LogP contribution >= 0.6 is 11.8 Å². The van der Waals surface area contributed by atoms with Crippen LogP contribution in [-0.2, 0) is 10.1 Å². The number of anilines is 2. The number of benzene rings is 5. The first-order chi connectivity index (χ1) is 22.9. The number of aryl methyl sites for hydroxylation is 1. The normalized spacial score (nSPS) is 12.0. The summed E-state index contributed by atoms with van der Waals surface area (Å²) in [6.45, 7) is 1.77. The van der Waals surface area contributed by atoms with E-state index in [0.29, 0.717) is 39.7 Å². The highest BCUT2D eigenvalue weighted by atomic mass is 32.2. The van der Waals surface area contributed by atoms with Gasteiger partial charge < -0.3 is 21.7 Å². The van der Waals surface area contributed by atoms with E-state index < -0.39 is 16.1 Å². The molecule has 0 aliphatic rings. The number of carboxylic acid groups (broad SMARTS) is 1. The van der Waals surface area contributed by atoms with Gasteiger partial charge in [-0.15, -0.1) is 10.2 Å². The number of nitrogens with zero attached hydrogens (tertiary/aromatic N) is 6. The Bertz CT molecular complexity index is 2190. The summed E-state index contributed by atoms with van der Waals surface area (Å²) in [4.78, 5) is 12.8. The van der Waals surface area contributed by atoms with Crippen LogP contribution in [0.1, 0.15) is 15.9 Å². The van der Waals surface area contributed by atoms with Gasteiger partial charge in [0.2, 0.25) is 0 Å². The smallest absolute Gasteiger partial charge is 0.339 e. The Balaban J connectivity index is 1.24. The maximum atomic E-state index is 11.3. The molecule has 0 aromatic heterocycles. The molecule has 0 amide bonds. The van der Waals surface area contributed by atoms with Gasteiger partial charge in [-0.25, -0.2) is 4.79 Å². The first kappa shape index (κ1) is 33.4. The van der Waals surface area contributed by atoms with Crippen LogP contribution in [0.2, 0.25) is 0 Å². The van der Waals surface area contributed by atoms with E-state index in [0.717, 1.165) is 9.79 Å². The molecule has 242 valence electrons. The Hall–Kier alpha value is -5.97. The quantitative estimate of drug-likeness (QED) is 0.0535. The van der Waals surface area contributed by atoms with Crippen molar-refractivity contribution in [2.45, 2.75) is 21.6 Å². The highest BCUT2D eigenvalue weighted by Crippen LogP contribution is 2.41. The molecule has 0 saturated heterocycles. The number of nitrogen functional groups attached to an aromatic ring is 2. The summed E-state index contributed by atoms with van der Waals surface area (Å²) in [6, 6.07) is 25.5. The molecule has 0 radical (unpaired) electrons. The van der Waals surface area contributed by atoms with E-state index in [-0.39, 0.29) is 27.6 Å². The van der Waals surface area contributed by atoms with Crippen molar-refractivity contribution in [2.24, 2.45) is 30.7 Å². The second-order valence-corrected chi connectivity index (χ2v) is 12.6. The van der Waals surface area contributed by atoms with Crippen LogP contribution in [-0.4, -0.2) is 29.2 Å². The van der Waals surface area contributed by atoms with E-state index in [1.54, 1.807) is 37.3 Å². The van der Waals surface area contributed by atoms with Crippen molar-refractivity contribution in [1.82, 2.24) is 0 Å². The van der Waals surface area contributed by atoms with E-state index >= 15 is 0 Å². The number of phenols is 1. The van der Waals surface area contributed by atoms with Gasteiger partial charge in [0.25, 0.3) is 10.1 Å². The lowest BCUT2D eigenvalue weighted by Crippen LogP contribution is -1.96. The predicted octanol–water partition coefficient (Wildman–Crippen LogP) is 9.21. The highest BCUT2D eigenvalue weighted by Gasteiger charge is 2.13. The maximum Gasteiger partial charge on any atom is 0.339 e. The van der Waals surface area contributed by atoms with Crippen molar-refractivity contribution in [3.05, 3.63) is 108 Å². The molecule has 0 bridgehead atoms. The molecule has 16 heteroatoms. The monoisotopic (exact) mass is 682 g/mol.